The molecule has 0 unspecified atom stereocenters. The molecule has 0 fully saturated rings. The Balaban J connectivity index is 1.36. The van der Waals surface area contributed by atoms with Crippen LogP contribution in [0.3, 0.4) is 0 Å². The number of nitrogens with zero attached hydrogens (tertiary/aromatic N) is 2. The zero-order chi connectivity index (χ0) is 23.4. The number of hydrogen-bond donors (Lipinski definition) is 1. The molecule has 1 amide bonds. The molecule has 1 N–H and O–H groups in total. The fourth-order valence-electron chi connectivity index (χ4n) is 3.02. The minimum Gasteiger partial charge on any atom is -0.482 e. The first-order valence-electron chi connectivity index (χ1n) is 9.82. The third-order valence-corrected chi connectivity index (χ3v) is 5.81. The molecule has 33 heavy (non-hydrogen) atoms. The van der Waals surface area contributed by atoms with E-state index in [9.17, 15) is 14.4 Å². The summed E-state index contributed by atoms with van der Waals surface area (Å²) in [7, 11) is 0. The lowest BCUT2D eigenvalue weighted by Gasteiger charge is -2.10. The Labute approximate surface area is 197 Å². The molecule has 2 heterocycles. The van der Waals surface area contributed by atoms with Gasteiger partial charge in [0, 0.05) is 22.8 Å². The highest BCUT2D eigenvalue weighted by Crippen LogP contribution is 2.23. The number of rotatable bonds is 7. The van der Waals surface area contributed by atoms with E-state index >= 15 is 0 Å². The molecular weight excluding hydrogens is 466 g/mol. The number of halogens is 1. The molecule has 4 rings (SSSR count). The van der Waals surface area contributed by atoms with Crippen LogP contribution in [-0.2, 0) is 16.1 Å². The lowest BCUT2D eigenvalue weighted by Crippen LogP contribution is -2.20. The highest BCUT2D eigenvalue weighted by molar-refractivity contribution is 7.15. The molecule has 8 nitrogen and oxygen atoms in total. The monoisotopic (exact) mass is 483 g/mol. The van der Waals surface area contributed by atoms with Crippen molar-refractivity contribution >= 4 is 45.5 Å². The van der Waals surface area contributed by atoms with Crippen molar-refractivity contribution in [1.82, 2.24) is 9.38 Å². The van der Waals surface area contributed by atoms with Crippen molar-refractivity contribution < 1.29 is 19.1 Å². The van der Waals surface area contributed by atoms with E-state index in [1.165, 1.54) is 27.9 Å². The van der Waals surface area contributed by atoms with Crippen LogP contribution in [0.15, 0.2) is 64.8 Å². The third kappa shape index (κ3) is 5.39. The number of fused-ring (bicyclic) bond motifs is 1. The Hall–Kier alpha value is -3.69. The summed E-state index contributed by atoms with van der Waals surface area (Å²) in [5, 5.41) is 4.90. The van der Waals surface area contributed by atoms with Crippen molar-refractivity contribution in [3.8, 4) is 5.75 Å². The standard InChI is InChI=1S/C23H18ClN3O5S/c1-14-13-33-23-26-17(10-21(29)27(14)23)11-32-22(30)15-5-4-6-16(9-15)25-20(28)12-31-19-8-3-2-7-18(19)24/h2-10,13H,11-12H2,1H3,(H,25,28). The van der Waals surface area contributed by atoms with Crippen LogP contribution in [0.5, 0.6) is 5.75 Å². The van der Waals surface area contributed by atoms with Gasteiger partial charge in [0.05, 0.1) is 16.3 Å². The number of thiazole rings is 1. The van der Waals surface area contributed by atoms with Gasteiger partial charge in [-0.25, -0.2) is 9.78 Å². The zero-order valence-corrected chi connectivity index (χ0v) is 19.0. The van der Waals surface area contributed by atoms with Gasteiger partial charge in [-0.05, 0) is 37.3 Å². The summed E-state index contributed by atoms with van der Waals surface area (Å²) in [6.07, 6.45) is 0. The largest absolute Gasteiger partial charge is 0.482 e. The van der Waals surface area contributed by atoms with Crippen molar-refractivity contribution in [2.24, 2.45) is 0 Å². The fraction of sp³-hybridized carbons (Fsp3) is 0.130. The summed E-state index contributed by atoms with van der Waals surface area (Å²) in [6, 6.07) is 14.5. The quantitative estimate of drug-likeness (QED) is 0.397. The van der Waals surface area contributed by atoms with E-state index < -0.39 is 11.9 Å². The minimum atomic E-state index is -0.609. The Morgan fingerprint density at radius 2 is 1.97 bits per heavy atom. The summed E-state index contributed by atoms with van der Waals surface area (Å²) in [5.41, 5.74) is 1.57. The van der Waals surface area contributed by atoms with Gasteiger partial charge >= 0.3 is 5.97 Å². The van der Waals surface area contributed by atoms with E-state index in [1.54, 1.807) is 42.5 Å². The number of amides is 1. The summed E-state index contributed by atoms with van der Waals surface area (Å²) >= 11 is 7.34. The van der Waals surface area contributed by atoms with Gasteiger partial charge in [-0.2, -0.15) is 0 Å². The van der Waals surface area contributed by atoms with E-state index in [0.29, 0.717) is 27.1 Å². The second kappa shape index (κ2) is 9.85. The van der Waals surface area contributed by atoms with Crippen LogP contribution in [0.4, 0.5) is 5.69 Å². The first-order valence-corrected chi connectivity index (χ1v) is 11.1. The number of anilines is 1. The van der Waals surface area contributed by atoms with Crippen molar-refractivity contribution in [1.29, 1.82) is 0 Å². The summed E-state index contributed by atoms with van der Waals surface area (Å²) in [4.78, 5) is 41.8. The zero-order valence-electron chi connectivity index (χ0n) is 17.4. The highest BCUT2D eigenvalue weighted by Gasteiger charge is 2.12. The molecule has 0 atom stereocenters. The van der Waals surface area contributed by atoms with Crippen molar-refractivity contribution in [3.63, 3.8) is 0 Å². The smallest absolute Gasteiger partial charge is 0.338 e. The maximum atomic E-state index is 12.5. The predicted molar refractivity (Wildman–Crippen MR) is 125 cm³/mol. The molecular formula is C23H18ClN3O5S. The minimum absolute atomic E-state index is 0.149. The van der Waals surface area contributed by atoms with E-state index in [-0.39, 0.29) is 24.3 Å². The number of carbonyl (C=O) groups excluding carboxylic acids is 2. The van der Waals surface area contributed by atoms with Crippen LogP contribution in [0.2, 0.25) is 5.02 Å². The van der Waals surface area contributed by atoms with E-state index in [4.69, 9.17) is 21.1 Å². The van der Waals surface area contributed by atoms with Gasteiger partial charge in [-0.15, -0.1) is 11.3 Å². The molecule has 2 aromatic heterocycles. The van der Waals surface area contributed by atoms with Gasteiger partial charge in [0.15, 0.2) is 11.6 Å². The van der Waals surface area contributed by atoms with Crippen molar-refractivity contribution in [2.75, 3.05) is 11.9 Å². The second-order valence-electron chi connectivity index (χ2n) is 7.00. The van der Waals surface area contributed by atoms with Crippen LogP contribution >= 0.6 is 22.9 Å². The molecule has 0 radical (unpaired) electrons. The number of para-hydroxylation sites is 1. The van der Waals surface area contributed by atoms with Crippen molar-refractivity contribution in [3.05, 3.63) is 92.3 Å². The van der Waals surface area contributed by atoms with E-state index in [0.717, 1.165) is 5.69 Å². The molecule has 0 aliphatic rings. The van der Waals surface area contributed by atoms with Gasteiger partial charge in [-0.3, -0.25) is 14.0 Å². The summed E-state index contributed by atoms with van der Waals surface area (Å²) in [6.45, 7) is 1.43. The van der Waals surface area contributed by atoms with Crippen LogP contribution < -0.4 is 15.6 Å². The van der Waals surface area contributed by atoms with E-state index in [1.807, 2.05) is 12.3 Å². The Morgan fingerprint density at radius 3 is 2.79 bits per heavy atom. The Bertz CT molecular complexity index is 1400. The Morgan fingerprint density at radius 1 is 1.15 bits per heavy atom. The fourth-order valence-corrected chi connectivity index (χ4v) is 4.10. The normalized spacial score (nSPS) is 10.7. The number of nitrogens with one attached hydrogen (secondary N) is 1. The molecule has 10 heteroatoms. The van der Waals surface area contributed by atoms with Gasteiger partial charge < -0.3 is 14.8 Å². The van der Waals surface area contributed by atoms with Crippen LogP contribution in [0.25, 0.3) is 4.96 Å². The maximum Gasteiger partial charge on any atom is 0.338 e. The molecule has 0 spiro atoms. The van der Waals surface area contributed by atoms with Gasteiger partial charge in [-0.1, -0.05) is 29.8 Å². The molecule has 168 valence electrons. The number of aromatic nitrogens is 2. The van der Waals surface area contributed by atoms with Gasteiger partial charge in [0.2, 0.25) is 0 Å². The summed E-state index contributed by atoms with van der Waals surface area (Å²) in [5.74, 6) is -0.622. The lowest BCUT2D eigenvalue weighted by atomic mass is 10.2. The number of esters is 1. The Kier molecular flexibility index (Phi) is 6.71. The highest BCUT2D eigenvalue weighted by atomic mass is 35.5. The third-order valence-electron chi connectivity index (χ3n) is 4.56. The second-order valence-corrected chi connectivity index (χ2v) is 8.25. The van der Waals surface area contributed by atoms with Gasteiger partial charge in [0.25, 0.3) is 11.5 Å². The molecule has 0 aliphatic carbocycles. The topological polar surface area (TPSA) is 99.0 Å². The molecule has 0 saturated carbocycles. The first-order chi connectivity index (χ1) is 15.9. The average molecular weight is 484 g/mol. The molecule has 0 aliphatic heterocycles. The van der Waals surface area contributed by atoms with Crippen LogP contribution in [0, 0.1) is 6.92 Å². The van der Waals surface area contributed by atoms with Gasteiger partial charge in [0.1, 0.15) is 12.4 Å². The number of aryl methyl sites for hydroxylation is 1. The molecule has 0 bridgehead atoms. The van der Waals surface area contributed by atoms with E-state index in [2.05, 4.69) is 10.3 Å². The number of hydrogen-bond acceptors (Lipinski definition) is 7. The number of benzene rings is 2. The molecule has 4 aromatic rings. The first kappa shape index (κ1) is 22.5. The maximum absolute atomic E-state index is 12.5. The molecule has 0 saturated heterocycles. The lowest BCUT2D eigenvalue weighted by molar-refractivity contribution is -0.118. The molecule has 2 aromatic carbocycles. The number of ether oxygens (including phenoxy) is 2. The average Bonchev–Trinajstić information content (AvgIpc) is 3.18. The van der Waals surface area contributed by atoms with Crippen LogP contribution in [0.1, 0.15) is 21.7 Å². The summed E-state index contributed by atoms with van der Waals surface area (Å²) < 4.78 is 12.2. The van der Waals surface area contributed by atoms with Crippen LogP contribution in [-0.4, -0.2) is 27.9 Å². The SMILES string of the molecule is Cc1csc2nc(COC(=O)c3cccc(NC(=O)COc4ccccc4Cl)c3)cc(=O)n12. The number of carbonyl (C=O) groups is 2. The predicted octanol–water partition coefficient (Wildman–Crippen LogP) is 4.09. The van der Waals surface area contributed by atoms with Crippen molar-refractivity contribution in [2.45, 2.75) is 13.5 Å².